The van der Waals surface area contributed by atoms with Crippen LogP contribution in [0.2, 0.25) is 0 Å². The summed E-state index contributed by atoms with van der Waals surface area (Å²) in [6.07, 6.45) is 0.296. The molecule has 2 aliphatic rings. The van der Waals surface area contributed by atoms with Crippen molar-refractivity contribution >= 4 is 23.5 Å². The summed E-state index contributed by atoms with van der Waals surface area (Å²) in [4.78, 5) is 45.8. The number of oxime groups is 1. The van der Waals surface area contributed by atoms with E-state index in [-0.39, 0.29) is 11.8 Å². The van der Waals surface area contributed by atoms with E-state index in [0.29, 0.717) is 37.3 Å². The van der Waals surface area contributed by atoms with Gasteiger partial charge in [0.25, 0.3) is 11.8 Å². The Kier molecular flexibility index (Phi) is 8.28. The number of benzene rings is 1. The van der Waals surface area contributed by atoms with Gasteiger partial charge in [0.2, 0.25) is 0 Å². The predicted octanol–water partition coefficient (Wildman–Crippen LogP) is 3.09. The molecule has 3 heterocycles. The number of carboxylic acid groups (broad SMARTS) is 1. The molecule has 4 rings (SSSR count). The molecule has 2 aliphatic heterocycles. The summed E-state index contributed by atoms with van der Waals surface area (Å²) in [6, 6.07) is 11.3. The molecule has 2 N–H and O–H groups in total. The molecule has 1 spiro atoms. The van der Waals surface area contributed by atoms with E-state index < -0.39 is 17.7 Å². The number of aliphatic carboxylic acids is 1. The lowest BCUT2D eigenvalue weighted by Gasteiger charge is -2.38. The Hall–Kier alpha value is -3.96. The summed E-state index contributed by atoms with van der Waals surface area (Å²) in [5.74, 6) is -3.00. The molecular formula is C24H25F3N4O5. The average molecular weight is 506 g/mol. The first-order valence-electron chi connectivity index (χ1n) is 11.1. The first kappa shape index (κ1) is 26.6. The lowest BCUT2D eigenvalue weighted by molar-refractivity contribution is -0.192. The van der Waals surface area contributed by atoms with Crippen LogP contribution in [-0.2, 0) is 21.0 Å². The van der Waals surface area contributed by atoms with Gasteiger partial charge in [-0.15, -0.1) is 0 Å². The van der Waals surface area contributed by atoms with E-state index in [4.69, 9.17) is 14.7 Å². The van der Waals surface area contributed by atoms with Crippen LogP contribution in [-0.4, -0.2) is 63.4 Å². The maximum atomic E-state index is 12.9. The Bertz CT molecular complexity index is 1140. The van der Waals surface area contributed by atoms with Gasteiger partial charge in [-0.2, -0.15) is 13.2 Å². The van der Waals surface area contributed by atoms with E-state index in [1.165, 1.54) is 0 Å². The molecule has 0 bridgehead atoms. The Balaban J connectivity index is 0.000000454. The lowest BCUT2D eigenvalue weighted by Crippen LogP contribution is -2.51. The zero-order valence-corrected chi connectivity index (χ0v) is 19.4. The smallest absolute Gasteiger partial charge is 0.475 e. The van der Waals surface area contributed by atoms with Crippen molar-refractivity contribution in [2.75, 3.05) is 13.1 Å². The van der Waals surface area contributed by atoms with Gasteiger partial charge in [-0.1, -0.05) is 22.9 Å². The van der Waals surface area contributed by atoms with Crippen LogP contribution in [0, 0.1) is 6.92 Å². The fraction of sp³-hybridized carbons (Fsp3) is 0.375. The van der Waals surface area contributed by atoms with Gasteiger partial charge in [0.15, 0.2) is 5.60 Å². The number of halogens is 3. The van der Waals surface area contributed by atoms with Gasteiger partial charge in [-0.05, 0) is 49.6 Å². The maximum Gasteiger partial charge on any atom is 0.490 e. The van der Waals surface area contributed by atoms with Crippen molar-refractivity contribution in [1.82, 2.24) is 15.2 Å². The minimum atomic E-state index is -5.08. The third-order valence-electron chi connectivity index (χ3n) is 5.64. The summed E-state index contributed by atoms with van der Waals surface area (Å²) in [6.45, 7) is 3.50. The highest BCUT2D eigenvalue weighted by Crippen LogP contribution is 2.34. The monoisotopic (exact) mass is 506 g/mol. The summed E-state index contributed by atoms with van der Waals surface area (Å²) < 4.78 is 31.7. The van der Waals surface area contributed by atoms with Crippen molar-refractivity contribution in [3.63, 3.8) is 0 Å². The highest BCUT2D eigenvalue weighted by atomic mass is 19.4. The number of hydrogen-bond donors (Lipinski definition) is 2. The van der Waals surface area contributed by atoms with E-state index in [1.807, 2.05) is 48.2 Å². The van der Waals surface area contributed by atoms with Gasteiger partial charge in [0.05, 0.1) is 6.54 Å². The van der Waals surface area contributed by atoms with Crippen LogP contribution in [0.25, 0.3) is 0 Å². The molecule has 2 aromatic rings. The van der Waals surface area contributed by atoms with Crippen LogP contribution in [0.15, 0.2) is 53.9 Å². The topological polar surface area (TPSA) is 121 Å². The van der Waals surface area contributed by atoms with Gasteiger partial charge in [-0.3, -0.25) is 14.6 Å². The first-order chi connectivity index (χ1) is 17.0. The number of hydrogen-bond acceptors (Lipinski definition) is 6. The number of nitrogens with zero attached hydrogens (tertiary/aromatic N) is 3. The van der Waals surface area contributed by atoms with Crippen LogP contribution in [0.4, 0.5) is 13.2 Å². The van der Waals surface area contributed by atoms with Crippen molar-refractivity contribution in [2.45, 2.75) is 44.5 Å². The molecule has 36 heavy (non-hydrogen) atoms. The van der Waals surface area contributed by atoms with Crippen LogP contribution < -0.4 is 5.32 Å². The lowest BCUT2D eigenvalue weighted by atomic mass is 9.87. The van der Waals surface area contributed by atoms with Crippen molar-refractivity contribution in [1.29, 1.82) is 0 Å². The van der Waals surface area contributed by atoms with Gasteiger partial charge >= 0.3 is 12.1 Å². The second kappa shape index (κ2) is 11.2. The van der Waals surface area contributed by atoms with Crippen LogP contribution in [0.3, 0.4) is 0 Å². The molecule has 1 unspecified atom stereocenters. The number of aryl methyl sites for hydroxylation is 1. The molecule has 2 amide bonds. The number of carbonyl (C=O) groups is 3. The molecule has 1 aromatic heterocycles. The van der Waals surface area contributed by atoms with E-state index in [0.717, 1.165) is 24.0 Å². The molecule has 192 valence electrons. The molecular weight excluding hydrogens is 481 g/mol. The van der Waals surface area contributed by atoms with Gasteiger partial charge in [0, 0.05) is 37.5 Å². The third kappa shape index (κ3) is 7.03. The number of aromatic nitrogens is 1. The molecule has 1 saturated heterocycles. The van der Waals surface area contributed by atoms with Gasteiger partial charge in [-0.25, -0.2) is 4.79 Å². The quantitative estimate of drug-likeness (QED) is 0.658. The molecule has 1 atom stereocenters. The summed E-state index contributed by atoms with van der Waals surface area (Å²) >= 11 is 0. The number of pyridine rings is 1. The second-order valence-electron chi connectivity index (χ2n) is 8.53. The van der Waals surface area contributed by atoms with E-state index >= 15 is 0 Å². The minimum absolute atomic E-state index is 0.00744. The maximum absolute atomic E-state index is 12.9. The number of likely N-dealkylation sites (tertiary alicyclic amines) is 1. The Labute approximate surface area is 204 Å². The molecule has 9 nitrogen and oxygen atoms in total. The number of rotatable bonds is 4. The Morgan fingerprint density at radius 2 is 1.89 bits per heavy atom. The standard InChI is InChI=1S/C22H24N4O3.C2HF3O2/c1-16-4-2-5-18(12-16)21(28)26-11-3-8-22(15-26)13-19(25-29-22)20(27)24-14-17-6-9-23-10-7-17;3-2(4,5)1(6)7/h2,4-7,9-10,12H,3,8,11,13-15H2,1H3,(H,24,27);(H,6,7). The van der Waals surface area contributed by atoms with Crippen molar-refractivity contribution in [3.8, 4) is 0 Å². The van der Waals surface area contributed by atoms with E-state index in [1.54, 1.807) is 12.4 Å². The zero-order chi connectivity index (χ0) is 26.3. The van der Waals surface area contributed by atoms with Crippen molar-refractivity contribution < 1.29 is 37.5 Å². The fourth-order valence-corrected chi connectivity index (χ4v) is 3.88. The highest BCUT2D eigenvalue weighted by Gasteiger charge is 2.45. The second-order valence-corrected chi connectivity index (χ2v) is 8.53. The number of nitrogens with one attached hydrogen (secondary N) is 1. The largest absolute Gasteiger partial charge is 0.490 e. The van der Waals surface area contributed by atoms with Crippen molar-refractivity contribution in [3.05, 3.63) is 65.5 Å². The molecule has 0 aliphatic carbocycles. The SMILES string of the molecule is Cc1cccc(C(=O)N2CCCC3(CC(C(=O)NCc4ccncc4)=NO3)C2)c1.O=C(O)C(F)(F)F. The molecule has 1 aromatic carbocycles. The van der Waals surface area contributed by atoms with Crippen molar-refractivity contribution in [2.24, 2.45) is 5.16 Å². The molecule has 12 heteroatoms. The van der Waals surface area contributed by atoms with Crippen LogP contribution in [0.5, 0.6) is 0 Å². The Morgan fingerprint density at radius 3 is 2.53 bits per heavy atom. The van der Waals surface area contributed by atoms with Gasteiger partial charge in [0.1, 0.15) is 5.71 Å². The summed E-state index contributed by atoms with van der Waals surface area (Å²) in [5, 5.41) is 14.1. The number of carboxylic acids is 1. The first-order valence-corrected chi connectivity index (χ1v) is 11.1. The van der Waals surface area contributed by atoms with E-state index in [9.17, 15) is 22.8 Å². The average Bonchev–Trinajstić information content (AvgIpc) is 3.25. The minimum Gasteiger partial charge on any atom is -0.475 e. The number of amides is 2. The Morgan fingerprint density at radius 1 is 1.19 bits per heavy atom. The van der Waals surface area contributed by atoms with Gasteiger partial charge < -0.3 is 20.2 Å². The summed E-state index contributed by atoms with van der Waals surface area (Å²) in [5.41, 5.74) is 2.47. The molecule has 0 saturated carbocycles. The molecule has 0 radical (unpaired) electrons. The predicted molar refractivity (Wildman–Crippen MR) is 122 cm³/mol. The third-order valence-corrected chi connectivity index (χ3v) is 5.64. The number of alkyl halides is 3. The normalized spacial score (nSPS) is 19.0. The fourth-order valence-electron chi connectivity index (χ4n) is 3.88. The highest BCUT2D eigenvalue weighted by molar-refractivity contribution is 6.39. The van der Waals surface area contributed by atoms with Crippen LogP contribution >= 0.6 is 0 Å². The van der Waals surface area contributed by atoms with Crippen LogP contribution in [0.1, 0.15) is 40.7 Å². The zero-order valence-electron chi connectivity index (χ0n) is 19.4. The molecule has 1 fully saturated rings. The number of carbonyl (C=O) groups excluding carboxylic acids is 2. The number of piperidine rings is 1. The summed E-state index contributed by atoms with van der Waals surface area (Å²) in [7, 11) is 0. The van der Waals surface area contributed by atoms with E-state index in [2.05, 4.69) is 15.5 Å².